The van der Waals surface area contributed by atoms with Gasteiger partial charge < -0.3 is 10.6 Å². The van der Waals surface area contributed by atoms with Crippen molar-refractivity contribution in [2.75, 3.05) is 23.7 Å². The first-order valence-electron chi connectivity index (χ1n) is 9.54. The van der Waals surface area contributed by atoms with Crippen molar-refractivity contribution in [3.63, 3.8) is 0 Å². The van der Waals surface area contributed by atoms with Gasteiger partial charge in [-0.05, 0) is 61.1 Å². The van der Waals surface area contributed by atoms with Crippen molar-refractivity contribution < 1.29 is 9.59 Å². The molecule has 0 spiro atoms. The average molecular weight is 510 g/mol. The number of hydrogen-bond acceptors (Lipinski definition) is 2. The molecular weight excluding hydrogens is 484 g/mol. The highest BCUT2D eigenvalue weighted by molar-refractivity contribution is 9.09. The van der Waals surface area contributed by atoms with E-state index in [1.54, 1.807) is 0 Å². The summed E-state index contributed by atoms with van der Waals surface area (Å²) in [5.74, 6) is -0.0962. The Balaban J connectivity index is 1.91. The first kappa shape index (κ1) is 22.6. The molecule has 2 aromatic rings. The number of rotatable bonds is 11. The number of carbonyl (C=O) groups excluding carboxylic acids is 2. The summed E-state index contributed by atoms with van der Waals surface area (Å²) in [5.41, 5.74) is 3.34. The van der Waals surface area contributed by atoms with Gasteiger partial charge in [0.2, 0.25) is 0 Å². The molecule has 6 heteroatoms. The van der Waals surface area contributed by atoms with E-state index < -0.39 is 0 Å². The molecule has 0 atom stereocenters. The second kappa shape index (κ2) is 12.7. The van der Waals surface area contributed by atoms with Gasteiger partial charge in [-0.2, -0.15) is 0 Å². The zero-order valence-corrected chi connectivity index (χ0v) is 19.0. The number of halogens is 2. The third-order valence-electron chi connectivity index (χ3n) is 4.32. The Kier molecular flexibility index (Phi) is 10.3. The van der Waals surface area contributed by atoms with E-state index >= 15 is 0 Å². The van der Waals surface area contributed by atoms with Crippen LogP contribution < -0.4 is 10.6 Å². The lowest BCUT2D eigenvalue weighted by Crippen LogP contribution is -2.24. The molecular formula is C22H26Br2N2O2. The minimum absolute atomic E-state index is 0.0481. The van der Waals surface area contributed by atoms with Crippen molar-refractivity contribution in [2.24, 2.45) is 0 Å². The SMILES string of the molecule is O=C(NCCCCBr)c1ccc(-c2ccc(C(=O)NCCCCBr)cc2)cc1. The van der Waals surface area contributed by atoms with Gasteiger partial charge in [-0.25, -0.2) is 0 Å². The summed E-state index contributed by atoms with van der Waals surface area (Å²) < 4.78 is 0. The van der Waals surface area contributed by atoms with Crippen LogP contribution in [0.3, 0.4) is 0 Å². The fourth-order valence-electron chi connectivity index (χ4n) is 2.68. The number of hydrogen-bond donors (Lipinski definition) is 2. The topological polar surface area (TPSA) is 58.2 Å². The van der Waals surface area contributed by atoms with Crippen LogP contribution in [0.2, 0.25) is 0 Å². The highest BCUT2D eigenvalue weighted by atomic mass is 79.9. The van der Waals surface area contributed by atoms with Crippen LogP contribution in [0.4, 0.5) is 0 Å². The van der Waals surface area contributed by atoms with Gasteiger partial charge >= 0.3 is 0 Å². The first-order valence-corrected chi connectivity index (χ1v) is 11.8. The second-order valence-corrected chi connectivity index (χ2v) is 8.04. The maximum atomic E-state index is 12.1. The van der Waals surface area contributed by atoms with Crippen molar-refractivity contribution in [1.29, 1.82) is 0 Å². The van der Waals surface area contributed by atoms with Crippen LogP contribution in [0.15, 0.2) is 48.5 Å². The summed E-state index contributed by atoms with van der Waals surface area (Å²) in [6, 6.07) is 15.1. The minimum Gasteiger partial charge on any atom is -0.352 e. The monoisotopic (exact) mass is 508 g/mol. The summed E-state index contributed by atoms with van der Waals surface area (Å²) in [4.78, 5) is 24.3. The maximum absolute atomic E-state index is 12.1. The van der Waals surface area contributed by atoms with E-state index in [0.717, 1.165) is 47.5 Å². The standard InChI is InChI=1S/C22H26Br2N2O2/c23-13-1-3-15-25-21(27)19-9-5-17(6-10-19)18-7-11-20(12-8-18)22(28)26-16-4-2-14-24/h5-12H,1-4,13-16H2,(H,25,27)(H,26,28). The maximum Gasteiger partial charge on any atom is 0.251 e. The molecule has 2 N–H and O–H groups in total. The van der Waals surface area contributed by atoms with Crippen LogP contribution in [-0.4, -0.2) is 35.6 Å². The molecule has 0 radical (unpaired) electrons. The minimum atomic E-state index is -0.0481. The Morgan fingerprint density at radius 3 is 1.29 bits per heavy atom. The predicted molar refractivity (Wildman–Crippen MR) is 123 cm³/mol. The van der Waals surface area contributed by atoms with Crippen molar-refractivity contribution in [3.05, 3.63) is 59.7 Å². The van der Waals surface area contributed by atoms with Gasteiger partial charge in [-0.3, -0.25) is 9.59 Å². The van der Waals surface area contributed by atoms with E-state index in [4.69, 9.17) is 0 Å². The summed E-state index contributed by atoms with van der Waals surface area (Å²) in [6.45, 7) is 1.37. The van der Waals surface area contributed by atoms with Crippen LogP contribution >= 0.6 is 31.9 Å². The van der Waals surface area contributed by atoms with E-state index in [9.17, 15) is 9.59 Å². The van der Waals surface area contributed by atoms with Crippen LogP contribution in [-0.2, 0) is 0 Å². The van der Waals surface area contributed by atoms with E-state index in [-0.39, 0.29) is 11.8 Å². The zero-order valence-electron chi connectivity index (χ0n) is 15.8. The van der Waals surface area contributed by atoms with Crippen LogP contribution in [0.1, 0.15) is 46.4 Å². The molecule has 2 amide bonds. The Labute approximate surface area is 183 Å². The number of benzene rings is 2. The van der Waals surface area contributed by atoms with Gasteiger partial charge in [0.1, 0.15) is 0 Å². The van der Waals surface area contributed by atoms with Crippen molar-refractivity contribution in [1.82, 2.24) is 10.6 Å². The average Bonchev–Trinajstić information content (AvgIpc) is 2.74. The molecule has 0 saturated carbocycles. The molecule has 0 saturated heterocycles. The Morgan fingerprint density at radius 1 is 0.607 bits per heavy atom. The van der Waals surface area contributed by atoms with Crippen molar-refractivity contribution in [2.45, 2.75) is 25.7 Å². The van der Waals surface area contributed by atoms with Gasteiger partial charge in [-0.15, -0.1) is 0 Å². The lowest BCUT2D eigenvalue weighted by molar-refractivity contribution is 0.0945. The van der Waals surface area contributed by atoms with E-state index in [2.05, 4.69) is 42.5 Å². The third-order valence-corrected chi connectivity index (χ3v) is 5.44. The summed E-state index contributed by atoms with van der Waals surface area (Å²) in [6.07, 6.45) is 4.02. The molecule has 0 unspecified atom stereocenters. The zero-order chi connectivity index (χ0) is 20.2. The summed E-state index contributed by atoms with van der Waals surface area (Å²) in [7, 11) is 0. The number of unbranched alkanes of at least 4 members (excludes halogenated alkanes) is 2. The normalized spacial score (nSPS) is 10.5. The molecule has 0 aliphatic carbocycles. The highest BCUT2D eigenvalue weighted by Crippen LogP contribution is 2.20. The molecule has 0 aliphatic rings. The van der Waals surface area contributed by atoms with E-state index in [0.29, 0.717) is 24.2 Å². The first-order chi connectivity index (χ1) is 13.7. The number of amides is 2. The smallest absolute Gasteiger partial charge is 0.251 e. The molecule has 2 rings (SSSR count). The molecule has 150 valence electrons. The van der Waals surface area contributed by atoms with Crippen molar-refractivity contribution in [3.8, 4) is 11.1 Å². The van der Waals surface area contributed by atoms with E-state index in [1.807, 2.05) is 48.5 Å². The Bertz CT molecular complexity index is 681. The summed E-state index contributed by atoms with van der Waals surface area (Å²) in [5, 5.41) is 7.77. The van der Waals surface area contributed by atoms with E-state index in [1.165, 1.54) is 0 Å². The molecule has 0 fully saturated rings. The molecule has 28 heavy (non-hydrogen) atoms. The molecule has 4 nitrogen and oxygen atoms in total. The van der Waals surface area contributed by atoms with Gasteiger partial charge in [0.15, 0.2) is 0 Å². The molecule has 0 heterocycles. The fourth-order valence-corrected chi connectivity index (χ4v) is 3.47. The van der Waals surface area contributed by atoms with Crippen molar-refractivity contribution >= 4 is 43.7 Å². The lowest BCUT2D eigenvalue weighted by atomic mass is 10.0. The fraction of sp³-hybridized carbons (Fsp3) is 0.364. The van der Waals surface area contributed by atoms with Crippen LogP contribution in [0.25, 0.3) is 11.1 Å². The molecule has 0 aliphatic heterocycles. The van der Waals surface area contributed by atoms with Crippen LogP contribution in [0, 0.1) is 0 Å². The van der Waals surface area contributed by atoms with Crippen LogP contribution in [0.5, 0.6) is 0 Å². The predicted octanol–water partition coefficient (Wildman–Crippen LogP) is 5.16. The van der Waals surface area contributed by atoms with Gasteiger partial charge in [0.25, 0.3) is 11.8 Å². The number of nitrogens with one attached hydrogen (secondary N) is 2. The molecule has 0 bridgehead atoms. The van der Waals surface area contributed by atoms with Gasteiger partial charge in [0.05, 0.1) is 0 Å². The number of alkyl halides is 2. The second-order valence-electron chi connectivity index (χ2n) is 6.46. The quantitative estimate of drug-likeness (QED) is 0.324. The lowest BCUT2D eigenvalue weighted by Gasteiger charge is -2.08. The molecule has 2 aromatic carbocycles. The Hall–Kier alpha value is -1.66. The van der Waals surface area contributed by atoms with Gasteiger partial charge in [0, 0.05) is 34.9 Å². The largest absolute Gasteiger partial charge is 0.352 e. The Morgan fingerprint density at radius 2 is 0.964 bits per heavy atom. The summed E-state index contributed by atoms with van der Waals surface area (Å²) >= 11 is 6.77. The third kappa shape index (κ3) is 7.40. The number of carbonyl (C=O) groups is 2. The van der Waals surface area contributed by atoms with Gasteiger partial charge in [-0.1, -0.05) is 56.1 Å². The highest BCUT2D eigenvalue weighted by Gasteiger charge is 2.07. The molecule has 0 aromatic heterocycles.